The van der Waals surface area contributed by atoms with E-state index in [2.05, 4.69) is 46.3 Å². The van der Waals surface area contributed by atoms with E-state index in [1.54, 1.807) is 18.0 Å². The molecule has 2 heterocycles. The molecule has 2 aromatic carbocycles. The molecule has 3 aromatic rings. The topological polar surface area (TPSA) is 41.3 Å². The molecule has 4 rings (SSSR count). The Labute approximate surface area is 157 Å². The minimum absolute atomic E-state index is 0. The number of anilines is 2. The lowest BCUT2D eigenvalue weighted by Gasteiger charge is -2.34. The summed E-state index contributed by atoms with van der Waals surface area (Å²) in [7, 11) is 0. The molecule has 0 spiro atoms. The monoisotopic (exact) mass is 372 g/mol. The molecule has 1 N–H and O–H groups in total. The van der Waals surface area contributed by atoms with Crippen molar-refractivity contribution < 1.29 is 17.5 Å². The minimum atomic E-state index is -0.484. The second kappa shape index (κ2) is 7.52. The zero-order valence-corrected chi connectivity index (χ0v) is 15.4. The number of rotatable bonds is 4. The lowest BCUT2D eigenvalue weighted by atomic mass is 10.2. The van der Waals surface area contributed by atoms with Gasteiger partial charge in [0.25, 0.3) is 0 Å². The van der Waals surface area contributed by atoms with Crippen molar-refractivity contribution in [1.29, 1.82) is 0 Å². The van der Waals surface area contributed by atoms with Crippen molar-refractivity contribution in [3.05, 3.63) is 66.7 Å². The number of halogens is 1. The van der Waals surface area contributed by atoms with Crippen molar-refractivity contribution in [2.75, 3.05) is 11.4 Å². The van der Waals surface area contributed by atoms with E-state index in [0.717, 1.165) is 17.2 Å². The number of aliphatic hydroxyl groups is 1. The highest BCUT2D eigenvalue weighted by Gasteiger charge is 2.24. The highest BCUT2D eigenvalue weighted by atomic mass is 35.5. The fraction of sp³-hybridized carbons (Fsp3) is 0.211. The Balaban J connectivity index is 0.00000182. The summed E-state index contributed by atoms with van der Waals surface area (Å²) in [5.41, 5.74) is 2.31. The smallest absolute Gasteiger partial charge is 0.105 e. The van der Waals surface area contributed by atoms with Gasteiger partial charge in [-0.3, -0.25) is 0 Å². The van der Waals surface area contributed by atoms with Crippen LogP contribution in [-0.2, 0) is 6.54 Å². The molecule has 1 unspecified atom stereocenters. The van der Waals surface area contributed by atoms with E-state index in [1.165, 1.54) is 9.79 Å². The highest BCUT2D eigenvalue weighted by Crippen LogP contribution is 2.47. The first kappa shape index (κ1) is 17.9. The van der Waals surface area contributed by atoms with Gasteiger partial charge >= 0.3 is 0 Å². The molecule has 1 aliphatic rings. The SMILES string of the molecule is Cc1nccn1CC(O)CN1c2ccccc2Sc2ccccc21.[Cl-]. The van der Waals surface area contributed by atoms with Gasteiger partial charge in [0.1, 0.15) is 5.82 Å². The normalized spacial score (nSPS) is 13.6. The molecule has 0 aliphatic carbocycles. The summed E-state index contributed by atoms with van der Waals surface area (Å²) in [6.45, 7) is 3.04. The van der Waals surface area contributed by atoms with Crippen LogP contribution in [0.1, 0.15) is 5.82 Å². The number of hydrogen-bond acceptors (Lipinski definition) is 4. The number of benzene rings is 2. The van der Waals surface area contributed by atoms with Crippen molar-refractivity contribution in [2.45, 2.75) is 29.4 Å². The number of imidazole rings is 1. The van der Waals surface area contributed by atoms with Gasteiger partial charge in [0.05, 0.1) is 30.6 Å². The second-order valence-corrected chi connectivity index (χ2v) is 7.01. The van der Waals surface area contributed by atoms with E-state index in [9.17, 15) is 5.11 Å². The van der Waals surface area contributed by atoms with Crippen molar-refractivity contribution in [3.63, 3.8) is 0 Å². The predicted molar refractivity (Wildman–Crippen MR) is 97.0 cm³/mol. The number of aliphatic hydroxyl groups excluding tert-OH is 1. The van der Waals surface area contributed by atoms with Crippen LogP contribution in [0.15, 0.2) is 70.7 Å². The van der Waals surface area contributed by atoms with E-state index >= 15 is 0 Å². The summed E-state index contributed by atoms with van der Waals surface area (Å²) >= 11 is 1.78. The lowest BCUT2D eigenvalue weighted by Crippen LogP contribution is -3.00. The first-order valence-corrected chi connectivity index (χ1v) is 8.83. The maximum atomic E-state index is 10.7. The van der Waals surface area contributed by atoms with E-state index in [-0.39, 0.29) is 12.4 Å². The lowest BCUT2D eigenvalue weighted by molar-refractivity contribution is -0.00000697. The Kier molecular flexibility index (Phi) is 5.37. The van der Waals surface area contributed by atoms with Gasteiger partial charge in [-0.1, -0.05) is 36.0 Å². The number of para-hydroxylation sites is 2. The molecule has 0 amide bonds. The summed E-state index contributed by atoms with van der Waals surface area (Å²) in [4.78, 5) is 8.89. The van der Waals surface area contributed by atoms with Crippen LogP contribution in [0.3, 0.4) is 0 Å². The predicted octanol–water partition coefficient (Wildman–Crippen LogP) is 0.859. The second-order valence-electron chi connectivity index (χ2n) is 5.93. The van der Waals surface area contributed by atoms with E-state index in [0.29, 0.717) is 13.1 Å². The van der Waals surface area contributed by atoms with Crippen molar-refractivity contribution in [3.8, 4) is 0 Å². The van der Waals surface area contributed by atoms with Crippen LogP contribution in [0.25, 0.3) is 0 Å². The summed E-state index contributed by atoms with van der Waals surface area (Å²) in [5.74, 6) is 0.920. The molecule has 25 heavy (non-hydrogen) atoms. The molecule has 0 fully saturated rings. The maximum Gasteiger partial charge on any atom is 0.105 e. The Hall–Kier alpha value is -1.95. The molecule has 130 valence electrons. The van der Waals surface area contributed by atoms with Gasteiger partial charge in [0.2, 0.25) is 0 Å². The van der Waals surface area contributed by atoms with Crippen LogP contribution in [0.2, 0.25) is 0 Å². The Morgan fingerprint density at radius 2 is 1.60 bits per heavy atom. The summed E-state index contributed by atoms with van der Waals surface area (Å²) < 4.78 is 1.99. The van der Waals surface area contributed by atoms with Gasteiger partial charge in [-0.05, 0) is 31.2 Å². The van der Waals surface area contributed by atoms with Crippen LogP contribution in [0.5, 0.6) is 0 Å². The molecule has 4 nitrogen and oxygen atoms in total. The fourth-order valence-electron chi connectivity index (χ4n) is 3.07. The first-order valence-electron chi connectivity index (χ1n) is 8.01. The van der Waals surface area contributed by atoms with E-state index < -0.39 is 6.10 Å². The molecular weight excluding hydrogens is 354 g/mol. The number of aryl methyl sites for hydroxylation is 1. The van der Waals surface area contributed by atoms with Gasteiger partial charge in [-0.25, -0.2) is 4.98 Å². The van der Waals surface area contributed by atoms with Crippen molar-refractivity contribution >= 4 is 23.1 Å². The van der Waals surface area contributed by atoms with Gasteiger partial charge in [-0.2, -0.15) is 0 Å². The van der Waals surface area contributed by atoms with Gasteiger partial charge in [-0.15, -0.1) is 0 Å². The Morgan fingerprint density at radius 1 is 1.00 bits per heavy atom. The summed E-state index contributed by atoms with van der Waals surface area (Å²) in [6, 6.07) is 16.7. The average molecular weight is 373 g/mol. The number of β-amino-alcohol motifs (C(OH)–C–C–N with tert-alkyl or cyclic N) is 1. The molecule has 0 bridgehead atoms. The third-order valence-electron chi connectivity index (χ3n) is 4.26. The third kappa shape index (κ3) is 3.54. The van der Waals surface area contributed by atoms with E-state index in [4.69, 9.17) is 0 Å². The van der Waals surface area contributed by atoms with Gasteiger partial charge < -0.3 is 27.0 Å². The molecule has 1 atom stereocenters. The summed E-state index contributed by atoms with van der Waals surface area (Å²) in [5, 5.41) is 10.7. The number of nitrogens with zero attached hydrogens (tertiary/aromatic N) is 3. The minimum Gasteiger partial charge on any atom is -1.00 e. The maximum absolute atomic E-state index is 10.7. The Bertz CT molecular complexity index is 822. The van der Waals surface area contributed by atoms with Crippen LogP contribution >= 0.6 is 11.8 Å². The number of aromatic nitrogens is 2. The van der Waals surface area contributed by atoms with Crippen molar-refractivity contribution in [1.82, 2.24) is 9.55 Å². The zero-order chi connectivity index (χ0) is 16.5. The quantitative estimate of drug-likeness (QED) is 0.737. The zero-order valence-electron chi connectivity index (χ0n) is 13.8. The molecule has 0 saturated carbocycles. The number of hydrogen-bond donors (Lipinski definition) is 1. The van der Waals surface area contributed by atoms with Gasteiger partial charge in [0, 0.05) is 22.2 Å². The first-order chi connectivity index (χ1) is 11.7. The molecule has 0 radical (unpaired) electrons. The van der Waals surface area contributed by atoms with Crippen molar-refractivity contribution in [2.24, 2.45) is 0 Å². The van der Waals surface area contributed by atoms with Crippen LogP contribution in [0, 0.1) is 6.92 Å². The average Bonchev–Trinajstić information content (AvgIpc) is 2.99. The van der Waals surface area contributed by atoms with E-state index in [1.807, 2.05) is 29.8 Å². The molecule has 6 heteroatoms. The molecular formula is C19H19ClN3OS-. The summed E-state index contributed by atoms with van der Waals surface area (Å²) in [6.07, 6.45) is 3.19. The number of fused-ring (bicyclic) bond motifs is 2. The standard InChI is InChI=1S/C19H19N3OS.ClH/c1-14-20-10-11-21(14)12-15(23)13-22-16-6-2-4-8-18(16)24-19-9-5-3-7-17(19)22;/h2-11,15,23H,12-13H2,1H3;1H/p-1. The molecule has 1 aromatic heterocycles. The van der Waals surface area contributed by atoms with Gasteiger partial charge in [0.15, 0.2) is 0 Å². The molecule has 0 saturated heterocycles. The largest absolute Gasteiger partial charge is 1.00 e. The molecule has 1 aliphatic heterocycles. The van der Waals surface area contributed by atoms with Crippen LogP contribution < -0.4 is 17.3 Å². The third-order valence-corrected chi connectivity index (χ3v) is 5.39. The fourth-order valence-corrected chi connectivity index (χ4v) is 4.17. The highest BCUT2D eigenvalue weighted by molar-refractivity contribution is 7.99. The Morgan fingerprint density at radius 3 is 2.16 bits per heavy atom. The van der Waals surface area contributed by atoms with Crippen LogP contribution in [0.4, 0.5) is 11.4 Å². The van der Waals surface area contributed by atoms with Crippen LogP contribution in [-0.4, -0.2) is 27.3 Å².